The van der Waals surface area contributed by atoms with Gasteiger partial charge in [0.2, 0.25) is 0 Å². The first-order valence-electron chi connectivity index (χ1n) is 3.11. The highest BCUT2D eigenvalue weighted by molar-refractivity contribution is 7.91. The van der Waals surface area contributed by atoms with Crippen LogP contribution in [0.25, 0.3) is 0 Å². The van der Waals surface area contributed by atoms with Gasteiger partial charge in [-0.25, -0.2) is 8.42 Å². The van der Waals surface area contributed by atoms with Crippen molar-refractivity contribution in [3.8, 4) is 0 Å². The summed E-state index contributed by atoms with van der Waals surface area (Å²) in [4.78, 5) is 10.4. The molecule has 0 amide bonds. The van der Waals surface area contributed by atoms with Crippen LogP contribution in [0, 0.1) is 5.92 Å². The largest absolute Gasteiger partial charge is 0.481 e. The van der Waals surface area contributed by atoms with Crippen molar-refractivity contribution < 1.29 is 18.3 Å². The lowest BCUT2D eigenvalue weighted by Crippen LogP contribution is -2.33. The molecule has 2 atom stereocenters. The van der Waals surface area contributed by atoms with Crippen molar-refractivity contribution in [2.45, 2.75) is 6.04 Å². The smallest absolute Gasteiger partial charge is 0.309 e. The second kappa shape index (κ2) is 2.46. The lowest BCUT2D eigenvalue weighted by atomic mass is 10.1. The normalized spacial score (nSPS) is 35.4. The van der Waals surface area contributed by atoms with E-state index in [-0.39, 0.29) is 11.5 Å². The van der Waals surface area contributed by atoms with Gasteiger partial charge >= 0.3 is 5.97 Å². The van der Waals surface area contributed by atoms with Gasteiger partial charge in [0.05, 0.1) is 17.4 Å². The highest BCUT2D eigenvalue weighted by Gasteiger charge is 2.39. The van der Waals surface area contributed by atoms with Gasteiger partial charge in [0, 0.05) is 6.04 Å². The molecule has 64 valence electrons. The number of carboxylic acid groups (broad SMARTS) is 1. The summed E-state index contributed by atoms with van der Waals surface area (Å²) in [7, 11) is -3.20. The van der Waals surface area contributed by atoms with Crippen LogP contribution < -0.4 is 5.73 Å². The van der Waals surface area contributed by atoms with Crippen LogP contribution in [0.3, 0.4) is 0 Å². The molecule has 0 saturated carbocycles. The van der Waals surface area contributed by atoms with Gasteiger partial charge in [-0.2, -0.15) is 0 Å². The fraction of sp³-hybridized carbons (Fsp3) is 0.800. The summed E-state index contributed by atoms with van der Waals surface area (Å²) in [5.41, 5.74) is 5.30. The van der Waals surface area contributed by atoms with Crippen LogP contribution >= 0.6 is 0 Å². The first-order valence-corrected chi connectivity index (χ1v) is 4.93. The van der Waals surface area contributed by atoms with E-state index in [0.29, 0.717) is 0 Å². The van der Waals surface area contributed by atoms with Crippen LogP contribution in [0.1, 0.15) is 0 Å². The fourth-order valence-corrected chi connectivity index (χ4v) is 3.02. The molecule has 5 nitrogen and oxygen atoms in total. The van der Waals surface area contributed by atoms with Crippen molar-refractivity contribution in [3.05, 3.63) is 0 Å². The van der Waals surface area contributed by atoms with Crippen molar-refractivity contribution in [1.82, 2.24) is 0 Å². The monoisotopic (exact) mass is 179 g/mol. The van der Waals surface area contributed by atoms with E-state index < -0.39 is 27.8 Å². The Labute approximate surface area is 64.1 Å². The first kappa shape index (κ1) is 8.48. The number of carboxylic acids is 1. The second-order valence-corrected chi connectivity index (χ2v) is 4.84. The molecule has 1 aliphatic heterocycles. The van der Waals surface area contributed by atoms with E-state index in [1.54, 1.807) is 0 Å². The molecule has 1 saturated heterocycles. The van der Waals surface area contributed by atoms with Gasteiger partial charge in [-0.1, -0.05) is 0 Å². The van der Waals surface area contributed by atoms with Crippen LogP contribution in [-0.2, 0) is 14.6 Å². The Balaban J connectivity index is 2.83. The molecule has 6 heteroatoms. The molecule has 0 aromatic heterocycles. The van der Waals surface area contributed by atoms with Crippen LogP contribution in [0.15, 0.2) is 0 Å². The van der Waals surface area contributed by atoms with Gasteiger partial charge in [0.1, 0.15) is 0 Å². The number of carbonyl (C=O) groups is 1. The number of sulfone groups is 1. The molecule has 11 heavy (non-hydrogen) atoms. The van der Waals surface area contributed by atoms with Crippen LogP contribution in [0.4, 0.5) is 0 Å². The van der Waals surface area contributed by atoms with Gasteiger partial charge < -0.3 is 10.8 Å². The zero-order valence-electron chi connectivity index (χ0n) is 5.73. The maximum Gasteiger partial charge on any atom is 0.309 e. The lowest BCUT2D eigenvalue weighted by Gasteiger charge is -2.05. The minimum atomic E-state index is -3.20. The molecule has 0 unspecified atom stereocenters. The summed E-state index contributed by atoms with van der Waals surface area (Å²) in [6.45, 7) is 0. The lowest BCUT2D eigenvalue weighted by molar-refractivity contribution is -0.141. The average molecular weight is 179 g/mol. The highest BCUT2D eigenvalue weighted by atomic mass is 32.2. The predicted molar refractivity (Wildman–Crippen MR) is 37.8 cm³/mol. The number of hydrogen-bond donors (Lipinski definition) is 2. The summed E-state index contributed by atoms with van der Waals surface area (Å²) in [6, 6.07) is -0.738. The standard InChI is InChI=1S/C5H9NO4S/c6-4-2-11(9,10)1-3(4)5(7)8/h3-4H,1-2,6H2,(H,7,8)/t3-,4-/m0/s1. The molecule has 1 rings (SSSR count). The van der Waals surface area contributed by atoms with Crippen LogP contribution in [0.2, 0.25) is 0 Å². The van der Waals surface area contributed by atoms with E-state index in [9.17, 15) is 13.2 Å². The topological polar surface area (TPSA) is 97.5 Å². The Morgan fingerprint density at radius 1 is 1.45 bits per heavy atom. The number of rotatable bonds is 1. The Morgan fingerprint density at radius 3 is 2.18 bits per heavy atom. The third-order valence-corrected chi connectivity index (χ3v) is 3.47. The molecular formula is C5H9NO4S. The molecule has 0 aromatic carbocycles. The van der Waals surface area contributed by atoms with Gasteiger partial charge in [-0.3, -0.25) is 4.79 Å². The number of nitrogens with two attached hydrogens (primary N) is 1. The Bertz CT molecular complexity index is 270. The molecule has 0 aromatic rings. The third kappa shape index (κ3) is 1.69. The van der Waals surface area contributed by atoms with Gasteiger partial charge in [-0.15, -0.1) is 0 Å². The third-order valence-electron chi connectivity index (χ3n) is 1.71. The molecule has 0 bridgehead atoms. The molecule has 1 aliphatic rings. The van der Waals surface area contributed by atoms with E-state index in [2.05, 4.69) is 0 Å². The minimum Gasteiger partial charge on any atom is -0.481 e. The summed E-state index contributed by atoms with van der Waals surface area (Å²) in [5, 5.41) is 8.47. The van der Waals surface area contributed by atoms with Crippen molar-refractivity contribution in [1.29, 1.82) is 0 Å². The van der Waals surface area contributed by atoms with Gasteiger partial charge in [0.15, 0.2) is 9.84 Å². The van der Waals surface area contributed by atoms with Gasteiger partial charge in [-0.05, 0) is 0 Å². The van der Waals surface area contributed by atoms with E-state index >= 15 is 0 Å². The Hall–Kier alpha value is -0.620. The molecule has 0 spiro atoms. The fourth-order valence-electron chi connectivity index (χ4n) is 1.13. The summed E-state index contributed by atoms with van der Waals surface area (Å²) in [5.74, 6) is -2.56. The molecule has 1 fully saturated rings. The van der Waals surface area contributed by atoms with E-state index in [0.717, 1.165) is 0 Å². The first-order chi connectivity index (χ1) is 4.92. The Kier molecular flexibility index (Phi) is 1.89. The maximum absolute atomic E-state index is 10.8. The number of hydrogen-bond acceptors (Lipinski definition) is 4. The Morgan fingerprint density at radius 2 is 2.00 bits per heavy atom. The highest BCUT2D eigenvalue weighted by Crippen LogP contribution is 2.17. The predicted octanol–water partition coefficient (Wildman–Crippen LogP) is -1.56. The van der Waals surface area contributed by atoms with Crippen molar-refractivity contribution >= 4 is 15.8 Å². The van der Waals surface area contributed by atoms with Crippen LogP contribution in [-0.4, -0.2) is 37.0 Å². The van der Waals surface area contributed by atoms with Crippen molar-refractivity contribution in [2.24, 2.45) is 11.7 Å². The number of aliphatic carboxylic acids is 1. The van der Waals surface area contributed by atoms with Crippen LogP contribution in [0.5, 0.6) is 0 Å². The summed E-state index contributed by atoms with van der Waals surface area (Å²) < 4.78 is 21.6. The summed E-state index contributed by atoms with van der Waals surface area (Å²) >= 11 is 0. The van der Waals surface area contributed by atoms with E-state index in [4.69, 9.17) is 10.8 Å². The zero-order valence-corrected chi connectivity index (χ0v) is 6.54. The van der Waals surface area contributed by atoms with Crippen molar-refractivity contribution in [3.63, 3.8) is 0 Å². The average Bonchev–Trinajstić information content (AvgIpc) is 2.05. The SMILES string of the molecule is N[C@H]1CS(=O)(=O)C[C@@H]1C(=O)O. The summed E-state index contributed by atoms with van der Waals surface area (Å²) in [6.07, 6.45) is 0. The maximum atomic E-state index is 10.8. The minimum absolute atomic E-state index is 0.204. The zero-order chi connectivity index (χ0) is 8.65. The second-order valence-electron chi connectivity index (χ2n) is 2.69. The molecular weight excluding hydrogens is 170 g/mol. The van der Waals surface area contributed by atoms with Crippen molar-refractivity contribution in [2.75, 3.05) is 11.5 Å². The quantitative estimate of drug-likeness (QED) is 0.507. The van der Waals surface area contributed by atoms with Gasteiger partial charge in [0.25, 0.3) is 0 Å². The van der Waals surface area contributed by atoms with E-state index in [1.165, 1.54) is 0 Å². The molecule has 0 radical (unpaired) electrons. The molecule has 0 aliphatic carbocycles. The molecule has 1 heterocycles. The molecule has 3 N–H and O–H groups in total. The van der Waals surface area contributed by atoms with E-state index in [1.807, 2.05) is 0 Å².